The highest BCUT2D eigenvalue weighted by Crippen LogP contribution is 2.16. The van der Waals surface area contributed by atoms with Crippen molar-refractivity contribution in [3.8, 4) is 0 Å². The third kappa shape index (κ3) is 4.97. The van der Waals surface area contributed by atoms with E-state index in [0.717, 1.165) is 36.6 Å². The molecular formula is C17H30N2O2. The van der Waals surface area contributed by atoms with Crippen LogP contribution in [0.1, 0.15) is 42.5 Å². The van der Waals surface area contributed by atoms with Gasteiger partial charge < -0.3 is 9.30 Å². The van der Waals surface area contributed by atoms with Gasteiger partial charge >= 0.3 is 0 Å². The molecule has 21 heavy (non-hydrogen) atoms. The Balaban J connectivity index is 2.81. The number of nitrogens with zero attached hydrogens (tertiary/aromatic N) is 2. The fraction of sp³-hybridized carbons (Fsp3) is 0.706. The van der Waals surface area contributed by atoms with E-state index in [1.54, 1.807) is 7.11 Å². The van der Waals surface area contributed by atoms with Crippen LogP contribution in [0.15, 0.2) is 6.07 Å². The van der Waals surface area contributed by atoms with E-state index >= 15 is 0 Å². The number of Topliss-reactive ketones (excluding diaryl/α,β-unsaturated/α-hetero) is 1. The number of carbonyl (C=O) groups excluding carboxylic acids is 1. The minimum atomic E-state index is 0.208. The maximum Gasteiger partial charge on any atom is 0.178 e. The molecule has 120 valence electrons. The van der Waals surface area contributed by atoms with Gasteiger partial charge in [-0.05, 0) is 32.8 Å². The molecule has 1 aromatic heterocycles. The van der Waals surface area contributed by atoms with E-state index in [9.17, 15) is 4.79 Å². The maximum atomic E-state index is 12.6. The van der Waals surface area contributed by atoms with Crippen molar-refractivity contribution in [1.82, 2.24) is 9.47 Å². The number of carbonyl (C=O) groups is 1. The van der Waals surface area contributed by atoms with Crippen molar-refractivity contribution < 1.29 is 9.53 Å². The number of hydrogen-bond donors (Lipinski definition) is 0. The van der Waals surface area contributed by atoms with E-state index < -0.39 is 0 Å². The highest BCUT2D eigenvalue weighted by molar-refractivity contribution is 5.99. The smallest absolute Gasteiger partial charge is 0.178 e. The van der Waals surface area contributed by atoms with Crippen molar-refractivity contribution >= 4 is 5.78 Å². The van der Waals surface area contributed by atoms with Gasteiger partial charge in [0.1, 0.15) is 0 Å². The monoisotopic (exact) mass is 294 g/mol. The molecule has 0 atom stereocenters. The van der Waals surface area contributed by atoms with Crippen LogP contribution in [0, 0.1) is 19.8 Å². The predicted molar refractivity (Wildman–Crippen MR) is 87.1 cm³/mol. The third-order valence-corrected chi connectivity index (χ3v) is 3.79. The van der Waals surface area contributed by atoms with E-state index in [1.807, 2.05) is 13.0 Å². The average molecular weight is 294 g/mol. The molecule has 1 aromatic rings. The molecule has 0 spiro atoms. The number of ether oxygens (including phenoxy) is 1. The minimum Gasteiger partial charge on any atom is -0.383 e. The van der Waals surface area contributed by atoms with Crippen molar-refractivity contribution in [2.75, 3.05) is 33.4 Å². The second-order valence-corrected chi connectivity index (χ2v) is 6.07. The zero-order chi connectivity index (χ0) is 16.0. The van der Waals surface area contributed by atoms with Crippen LogP contribution in [0.4, 0.5) is 0 Å². The Morgan fingerprint density at radius 3 is 2.52 bits per heavy atom. The molecule has 4 nitrogen and oxygen atoms in total. The number of aryl methyl sites for hydroxylation is 1. The maximum absolute atomic E-state index is 12.6. The summed E-state index contributed by atoms with van der Waals surface area (Å²) in [5.41, 5.74) is 3.10. The molecule has 0 aromatic carbocycles. The van der Waals surface area contributed by atoms with E-state index in [-0.39, 0.29) is 5.78 Å². The first-order valence-electron chi connectivity index (χ1n) is 7.81. The summed E-state index contributed by atoms with van der Waals surface area (Å²) in [7, 11) is 1.70. The SMILES string of the molecule is CCn1c(C)cc(C(=O)CN(CCOC)CC(C)C)c1C. The van der Waals surface area contributed by atoms with E-state index in [4.69, 9.17) is 4.74 Å². The molecule has 0 aliphatic carbocycles. The van der Waals surface area contributed by atoms with Gasteiger partial charge in [0.05, 0.1) is 13.2 Å². The van der Waals surface area contributed by atoms with Crippen LogP contribution in [0.3, 0.4) is 0 Å². The summed E-state index contributed by atoms with van der Waals surface area (Å²) in [5.74, 6) is 0.747. The van der Waals surface area contributed by atoms with Crippen LogP contribution in [0.5, 0.6) is 0 Å². The number of methoxy groups -OCH3 is 1. The molecule has 0 radical (unpaired) electrons. The van der Waals surface area contributed by atoms with Crippen molar-refractivity contribution in [2.45, 2.75) is 41.2 Å². The van der Waals surface area contributed by atoms with Crippen LogP contribution >= 0.6 is 0 Å². The van der Waals surface area contributed by atoms with Gasteiger partial charge in [-0.25, -0.2) is 0 Å². The Bertz CT molecular complexity index is 464. The first kappa shape index (κ1) is 17.9. The van der Waals surface area contributed by atoms with Gasteiger partial charge in [0.15, 0.2) is 5.78 Å². The molecule has 1 heterocycles. The van der Waals surface area contributed by atoms with Gasteiger partial charge in [-0.15, -0.1) is 0 Å². The summed E-state index contributed by atoms with van der Waals surface area (Å²) in [4.78, 5) is 14.8. The van der Waals surface area contributed by atoms with Gasteiger partial charge in [0, 0.05) is 43.7 Å². The fourth-order valence-electron chi connectivity index (χ4n) is 2.83. The predicted octanol–water partition coefficient (Wildman–Crippen LogP) is 2.91. The number of hydrogen-bond acceptors (Lipinski definition) is 3. The van der Waals surface area contributed by atoms with Crippen LogP contribution in [-0.2, 0) is 11.3 Å². The topological polar surface area (TPSA) is 34.5 Å². The van der Waals surface area contributed by atoms with Crippen molar-refractivity contribution in [3.05, 3.63) is 23.0 Å². The van der Waals surface area contributed by atoms with Crippen LogP contribution in [0.2, 0.25) is 0 Å². The van der Waals surface area contributed by atoms with E-state index in [0.29, 0.717) is 19.1 Å². The molecule has 0 bridgehead atoms. The largest absolute Gasteiger partial charge is 0.383 e. The third-order valence-electron chi connectivity index (χ3n) is 3.79. The Kier molecular flexibility index (Phi) is 7.12. The number of ketones is 1. The second-order valence-electron chi connectivity index (χ2n) is 6.07. The minimum absolute atomic E-state index is 0.208. The molecule has 4 heteroatoms. The summed E-state index contributed by atoms with van der Waals surface area (Å²) in [6.07, 6.45) is 0. The highest BCUT2D eigenvalue weighted by atomic mass is 16.5. The molecule has 0 saturated carbocycles. The van der Waals surface area contributed by atoms with Gasteiger partial charge in [-0.1, -0.05) is 13.8 Å². The lowest BCUT2D eigenvalue weighted by Gasteiger charge is -2.23. The second kappa shape index (κ2) is 8.35. The molecule has 0 fully saturated rings. The first-order chi connectivity index (χ1) is 9.90. The van der Waals surface area contributed by atoms with E-state index in [1.165, 1.54) is 0 Å². The van der Waals surface area contributed by atoms with Gasteiger partial charge in [-0.2, -0.15) is 0 Å². The summed E-state index contributed by atoms with van der Waals surface area (Å²) < 4.78 is 7.34. The zero-order valence-corrected chi connectivity index (χ0v) is 14.4. The fourth-order valence-corrected chi connectivity index (χ4v) is 2.83. The lowest BCUT2D eigenvalue weighted by Crippen LogP contribution is -2.35. The van der Waals surface area contributed by atoms with Gasteiger partial charge in [-0.3, -0.25) is 9.69 Å². The van der Waals surface area contributed by atoms with Crippen LogP contribution in [0.25, 0.3) is 0 Å². The van der Waals surface area contributed by atoms with Gasteiger partial charge in [0.2, 0.25) is 0 Å². The molecule has 0 unspecified atom stereocenters. The Labute approximate surface area is 129 Å². The molecule has 0 amide bonds. The van der Waals surface area contributed by atoms with Crippen molar-refractivity contribution in [1.29, 1.82) is 0 Å². The first-order valence-corrected chi connectivity index (χ1v) is 7.81. The highest BCUT2D eigenvalue weighted by Gasteiger charge is 2.18. The van der Waals surface area contributed by atoms with E-state index in [2.05, 4.69) is 37.2 Å². The van der Waals surface area contributed by atoms with Crippen molar-refractivity contribution in [2.24, 2.45) is 5.92 Å². The lowest BCUT2D eigenvalue weighted by molar-refractivity contribution is 0.0880. The standard InChI is InChI=1S/C17H30N2O2/c1-7-19-14(4)10-16(15(19)5)17(20)12-18(8-9-21-6)11-13(2)3/h10,13H,7-9,11-12H2,1-6H3. The lowest BCUT2D eigenvalue weighted by atomic mass is 10.1. The molecule has 1 rings (SSSR count). The Hall–Kier alpha value is -1.13. The molecule has 0 saturated heterocycles. The summed E-state index contributed by atoms with van der Waals surface area (Å²) in [6.45, 7) is 14.3. The zero-order valence-electron chi connectivity index (χ0n) is 14.4. The summed E-state index contributed by atoms with van der Waals surface area (Å²) >= 11 is 0. The Morgan fingerprint density at radius 2 is 2.05 bits per heavy atom. The average Bonchev–Trinajstić information content (AvgIpc) is 2.70. The number of rotatable bonds is 9. The van der Waals surface area contributed by atoms with Crippen LogP contribution in [-0.4, -0.2) is 48.6 Å². The van der Waals surface area contributed by atoms with Crippen molar-refractivity contribution in [3.63, 3.8) is 0 Å². The molecule has 0 aliphatic rings. The van der Waals surface area contributed by atoms with Gasteiger partial charge in [0.25, 0.3) is 0 Å². The quantitative estimate of drug-likeness (QED) is 0.657. The summed E-state index contributed by atoms with van der Waals surface area (Å²) in [6, 6.07) is 2.02. The molecule has 0 N–H and O–H groups in total. The normalized spacial score (nSPS) is 11.6. The Morgan fingerprint density at radius 1 is 1.38 bits per heavy atom. The molecular weight excluding hydrogens is 264 g/mol. The number of aromatic nitrogens is 1. The molecule has 0 aliphatic heterocycles. The van der Waals surface area contributed by atoms with Crippen LogP contribution < -0.4 is 0 Å². The summed E-state index contributed by atoms with van der Waals surface area (Å²) in [5, 5.41) is 0.